The fourth-order valence-electron chi connectivity index (χ4n) is 2.78. The molecule has 0 saturated carbocycles. The highest BCUT2D eigenvalue weighted by Crippen LogP contribution is 2.34. The maximum Gasteiger partial charge on any atom is 0.416 e. The third-order valence-electron chi connectivity index (χ3n) is 3.84. The second-order valence-corrected chi connectivity index (χ2v) is 6.72. The first kappa shape index (κ1) is 17.4. The Labute approximate surface area is 142 Å². The number of aromatic nitrogens is 2. The minimum Gasteiger partial charge on any atom is -0.325 e. The van der Waals surface area contributed by atoms with Crippen molar-refractivity contribution in [2.45, 2.75) is 32.0 Å². The fraction of sp³-hybridized carbons (Fsp3) is 0.278. The van der Waals surface area contributed by atoms with Gasteiger partial charge < -0.3 is 10.1 Å². The van der Waals surface area contributed by atoms with Gasteiger partial charge in [-0.05, 0) is 38.1 Å². The molecule has 1 aromatic carbocycles. The van der Waals surface area contributed by atoms with E-state index in [-0.39, 0.29) is 5.56 Å². The van der Waals surface area contributed by atoms with Crippen LogP contribution < -0.4 is 5.73 Å². The molecule has 3 rings (SSSR count). The van der Waals surface area contributed by atoms with E-state index in [9.17, 15) is 17.6 Å². The van der Waals surface area contributed by atoms with Gasteiger partial charge in [-0.25, -0.2) is 9.37 Å². The second-order valence-electron chi connectivity index (χ2n) is 6.72. The molecule has 0 atom stereocenters. The summed E-state index contributed by atoms with van der Waals surface area (Å²) in [5.74, 6) is -0.938. The molecule has 2 aromatic heterocycles. The van der Waals surface area contributed by atoms with Crippen LogP contribution in [0.15, 0.2) is 42.7 Å². The molecule has 3 aromatic rings. The number of fused-ring (bicyclic) bond motifs is 1. The molecule has 0 aliphatic heterocycles. The highest BCUT2D eigenvalue weighted by Gasteiger charge is 2.31. The lowest BCUT2D eigenvalue weighted by atomic mass is 10.0. The summed E-state index contributed by atoms with van der Waals surface area (Å²) in [7, 11) is 0. The molecule has 2 heterocycles. The first-order valence-corrected chi connectivity index (χ1v) is 7.67. The molecule has 0 amide bonds. The average Bonchev–Trinajstić information content (AvgIpc) is 2.88. The minimum atomic E-state index is -4.58. The van der Waals surface area contributed by atoms with Gasteiger partial charge in [0.2, 0.25) is 0 Å². The topological polar surface area (TPSA) is 43.3 Å². The number of nitrogens with zero attached hydrogens (tertiary/aromatic N) is 2. The van der Waals surface area contributed by atoms with E-state index in [0.717, 1.165) is 17.8 Å². The summed E-state index contributed by atoms with van der Waals surface area (Å²) in [6, 6.07) is 5.84. The Hall–Kier alpha value is -2.41. The van der Waals surface area contributed by atoms with E-state index in [1.807, 2.05) is 13.8 Å². The molecule has 0 radical (unpaired) electrons. The van der Waals surface area contributed by atoms with Gasteiger partial charge in [0.05, 0.1) is 5.56 Å². The Bertz CT molecular complexity index is 920. The first-order valence-electron chi connectivity index (χ1n) is 7.67. The lowest BCUT2D eigenvalue weighted by molar-refractivity contribution is -0.137. The van der Waals surface area contributed by atoms with Crippen LogP contribution in [-0.4, -0.2) is 14.9 Å². The van der Waals surface area contributed by atoms with Gasteiger partial charge in [-0.3, -0.25) is 0 Å². The molecule has 2 N–H and O–H groups in total. The van der Waals surface area contributed by atoms with E-state index < -0.39 is 23.1 Å². The standard InChI is InChI=1S/C18H17F4N3/c1-17(2,23)9-12-10-24-16-14(4-3-7-25(12)16)13-6-5-11(8-15(13)19)18(20,21)22/h3-8,10H,9,23H2,1-2H3. The van der Waals surface area contributed by atoms with E-state index in [2.05, 4.69) is 4.98 Å². The molecule has 0 aliphatic carbocycles. The van der Waals surface area contributed by atoms with E-state index in [0.29, 0.717) is 23.7 Å². The highest BCUT2D eigenvalue weighted by atomic mass is 19.4. The van der Waals surface area contributed by atoms with Crippen molar-refractivity contribution in [2.75, 3.05) is 0 Å². The lowest BCUT2D eigenvalue weighted by Crippen LogP contribution is -2.34. The number of halogens is 4. The average molecular weight is 351 g/mol. The monoisotopic (exact) mass is 351 g/mol. The SMILES string of the molecule is CC(C)(N)Cc1cnc2c(-c3ccc(C(F)(F)F)cc3F)cccn12. The maximum absolute atomic E-state index is 14.3. The summed E-state index contributed by atoms with van der Waals surface area (Å²) < 4.78 is 54.3. The Morgan fingerprint density at radius 1 is 1.12 bits per heavy atom. The molecule has 3 nitrogen and oxygen atoms in total. The molecular formula is C18H17F4N3. The Balaban J connectivity index is 2.11. The molecule has 0 spiro atoms. The second kappa shape index (κ2) is 5.84. The van der Waals surface area contributed by atoms with Crippen LogP contribution in [-0.2, 0) is 12.6 Å². The molecule has 0 bridgehead atoms. The van der Waals surface area contributed by atoms with Crippen molar-refractivity contribution in [3.05, 3.63) is 59.8 Å². The van der Waals surface area contributed by atoms with E-state index >= 15 is 0 Å². The Morgan fingerprint density at radius 3 is 2.44 bits per heavy atom. The first-order chi connectivity index (χ1) is 11.6. The van der Waals surface area contributed by atoms with E-state index in [1.54, 1.807) is 28.9 Å². The summed E-state index contributed by atoms with van der Waals surface area (Å²) in [6.45, 7) is 3.76. The summed E-state index contributed by atoms with van der Waals surface area (Å²) in [5, 5.41) is 0. The van der Waals surface area contributed by atoms with Crippen LogP contribution in [0.25, 0.3) is 16.8 Å². The van der Waals surface area contributed by atoms with Crippen LogP contribution in [0.5, 0.6) is 0 Å². The van der Waals surface area contributed by atoms with Crippen molar-refractivity contribution in [3.8, 4) is 11.1 Å². The summed E-state index contributed by atoms with van der Waals surface area (Å²) in [4.78, 5) is 4.31. The van der Waals surface area contributed by atoms with Crippen molar-refractivity contribution in [1.29, 1.82) is 0 Å². The molecule has 7 heteroatoms. The number of pyridine rings is 1. The predicted octanol–water partition coefficient (Wildman–Crippen LogP) is 4.44. The van der Waals surface area contributed by atoms with E-state index in [1.165, 1.54) is 0 Å². The van der Waals surface area contributed by atoms with Gasteiger partial charge in [-0.2, -0.15) is 13.2 Å². The molecule has 0 aliphatic rings. The molecule has 25 heavy (non-hydrogen) atoms. The minimum absolute atomic E-state index is 0.0720. The summed E-state index contributed by atoms with van der Waals surface area (Å²) in [6.07, 6.45) is -0.615. The van der Waals surface area contributed by atoms with Crippen LogP contribution in [0.3, 0.4) is 0 Å². The highest BCUT2D eigenvalue weighted by molar-refractivity contribution is 5.78. The molecule has 0 fully saturated rings. The number of hydrogen-bond donors (Lipinski definition) is 1. The van der Waals surface area contributed by atoms with Gasteiger partial charge in [-0.15, -0.1) is 0 Å². The van der Waals surface area contributed by atoms with Gasteiger partial charge >= 0.3 is 6.18 Å². The van der Waals surface area contributed by atoms with Gasteiger partial charge in [0.1, 0.15) is 11.5 Å². The summed E-state index contributed by atoms with van der Waals surface area (Å²) in [5.41, 5.74) is 6.38. The third-order valence-corrected chi connectivity index (χ3v) is 3.84. The van der Waals surface area contributed by atoms with Gasteiger partial charge in [-0.1, -0.05) is 6.07 Å². The van der Waals surface area contributed by atoms with Crippen molar-refractivity contribution in [1.82, 2.24) is 9.38 Å². The predicted molar refractivity (Wildman–Crippen MR) is 87.6 cm³/mol. The van der Waals surface area contributed by atoms with Crippen molar-refractivity contribution >= 4 is 5.65 Å². The lowest BCUT2D eigenvalue weighted by Gasteiger charge is -2.17. The zero-order chi connectivity index (χ0) is 18.4. The number of nitrogens with two attached hydrogens (primary N) is 1. The zero-order valence-corrected chi connectivity index (χ0v) is 13.7. The van der Waals surface area contributed by atoms with E-state index in [4.69, 9.17) is 5.73 Å². The van der Waals surface area contributed by atoms with Gasteiger partial charge in [0.25, 0.3) is 0 Å². The molecule has 0 saturated heterocycles. The van der Waals surface area contributed by atoms with Crippen LogP contribution in [0.2, 0.25) is 0 Å². The van der Waals surface area contributed by atoms with Gasteiger partial charge in [0, 0.05) is 41.2 Å². The van der Waals surface area contributed by atoms with Crippen LogP contribution >= 0.6 is 0 Å². The Kier molecular flexibility index (Phi) is 4.07. The van der Waals surface area contributed by atoms with Crippen molar-refractivity contribution in [2.24, 2.45) is 5.73 Å². The Morgan fingerprint density at radius 2 is 1.84 bits per heavy atom. The molecule has 0 unspecified atom stereocenters. The normalized spacial score (nSPS) is 12.8. The maximum atomic E-state index is 14.3. The van der Waals surface area contributed by atoms with Gasteiger partial charge in [0.15, 0.2) is 0 Å². The van der Waals surface area contributed by atoms with Crippen LogP contribution in [0.1, 0.15) is 25.1 Å². The number of rotatable bonds is 3. The molecule has 132 valence electrons. The number of benzene rings is 1. The smallest absolute Gasteiger partial charge is 0.325 e. The van der Waals surface area contributed by atoms with Crippen molar-refractivity contribution < 1.29 is 17.6 Å². The largest absolute Gasteiger partial charge is 0.416 e. The fourth-order valence-corrected chi connectivity index (χ4v) is 2.78. The zero-order valence-electron chi connectivity index (χ0n) is 13.7. The third kappa shape index (κ3) is 3.51. The van der Waals surface area contributed by atoms with Crippen LogP contribution in [0.4, 0.5) is 17.6 Å². The molecular weight excluding hydrogens is 334 g/mol. The quantitative estimate of drug-likeness (QED) is 0.709. The van der Waals surface area contributed by atoms with Crippen LogP contribution in [0, 0.1) is 5.82 Å². The number of imidazole rings is 1. The summed E-state index contributed by atoms with van der Waals surface area (Å²) >= 11 is 0. The number of hydrogen-bond acceptors (Lipinski definition) is 2. The number of alkyl halides is 3. The van der Waals surface area contributed by atoms with Crippen molar-refractivity contribution in [3.63, 3.8) is 0 Å².